The summed E-state index contributed by atoms with van der Waals surface area (Å²) in [6.45, 7) is 5.73. The first-order valence-corrected chi connectivity index (χ1v) is 8.74. The molecule has 122 valence electrons. The van der Waals surface area contributed by atoms with Crippen LogP contribution in [0.4, 0.5) is 0 Å². The van der Waals surface area contributed by atoms with E-state index in [1.807, 2.05) is 14.1 Å². The largest absolute Gasteiger partial charge is 0.347 e. The summed E-state index contributed by atoms with van der Waals surface area (Å²) < 4.78 is 2.47. The van der Waals surface area contributed by atoms with Crippen molar-refractivity contribution in [1.82, 2.24) is 9.88 Å². The van der Waals surface area contributed by atoms with Crippen LogP contribution in [0.25, 0.3) is 16.5 Å². The molecule has 2 heteroatoms. The molecule has 1 N–H and O–H groups in total. The number of hydrogen-bond donors (Lipinski definition) is 1. The molecule has 1 unspecified atom stereocenters. The fourth-order valence-electron chi connectivity index (χ4n) is 3.73. The summed E-state index contributed by atoms with van der Waals surface area (Å²) in [4.78, 5) is 0. The van der Waals surface area contributed by atoms with Crippen molar-refractivity contribution in [3.63, 3.8) is 0 Å². The zero-order chi connectivity index (χ0) is 16.4. The summed E-state index contributed by atoms with van der Waals surface area (Å²) in [5.74, 6) is 0.653. The maximum Gasteiger partial charge on any atom is 0.0519 e. The predicted molar refractivity (Wildman–Crippen MR) is 101 cm³/mol. The lowest BCUT2D eigenvalue weighted by molar-refractivity contribution is 0.635. The lowest BCUT2D eigenvalue weighted by Crippen LogP contribution is -2.05. The van der Waals surface area contributed by atoms with Crippen molar-refractivity contribution in [3.8, 4) is 0 Å². The highest BCUT2D eigenvalue weighted by atomic mass is 15.0. The Bertz CT molecular complexity index is 761. The third kappa shape index (κ3) is 3.00. The average molecular weight is 308 g/mol. The summed E-state index contributed by atoms with van der Waals surface area (Å²) in [6, 6.07) is 6.81. The van der Waals surface area contributed by atoms with Crippen LogP contribution in [0.2, 0.25) is 0 Å². The van der Waals surface area contributed by atoms with Crippen molar-refractivity contribution < 1.29 is 0 Å². The normalized spacial score (nSPS) is 19.7. The van der Waals surface area contributed by atoms with Gasteiger partial charge in [0, 0.05) is 23.7 Å². The number of aromatic nitrogens is 1. The van der Waals surface area contributed by atoms with Gasteiger partial charge >= 0.3 is 0 Å². The fraction of sp³-hybridized carbons (Fsp3) is 0.429. The van der Waals surface area contributed by atoms with E-state index in [0.717, 1.165) is 0 Å². The van der Waals surface area contributed by atoms with Gasteiger partial charge < -0.3 is 9.88 Å². The molecule has 1 aliphatic carbocycles. The molecule has 0 saturated heterocycles. The maximum absolute atomic E-state index is 2.75. The van der Waals surface area contributed by atoms with E-state index in [4.69, 9.17) is 0 Å². The lowest BCUT2D eigenvalue weighted by Gasteiger charge is -2.17. The van der Waals surface area contributed by atoms with Crippen molar-refractivity contribution in [2.24, 2.45) is 5.92 Å². The molecular weight excluding hydrogens is 280 g/mol. The molecule has 0 radical (unpaired) electrons. The fourth-order valence-corrected chi connectivity index (χ4v) is 3.73. The molecule has 2 heterocycles. The first kappa shape index (κ1) is 16.1. The van der Waals surface area contributed by atoms with E-state index in [1.54, 1.807) is 0 Å². The molecule has 2 aromatic rings. The molecule has 2 nitrogen and oxygen atoms in total. The molecule has 0 saturated carbocycles. The minimum absolute atomic E-state index is 0.653. The number of rotatable bonds is 1. The van der Waals surface area contributed by atoms with Crippen LogP contribution in [0, 0.1) is 5.92 Å². The smallest absolute Gasteiger partial charge is 0.0519 e. The van der Waals surface area contributed by atoms with Crippen LogP contribution < -0.4 is 5.32 Å². The highest BCUT2D eigenvalue weighted by Crippen LogP contribution is 2.38. The van der Waals surface area contributed by atoms with E-state index < -0.39 is 0 Å². The van der Waals surface area contributed by atoms with Crippen molar-refractivity contribution in [3.05, 3.63) is 53.2 Å². The number of nitrogens with zero attached hydrogens (tertiary/aromatic N) is 1. The highest BCUT2D eigenvalue weighted by molar-refractivity contribution is 5.98. The summed E-state index contributed by atoms with van der Waals surface area (Å²) in [5.41, 5.74) is 7.31. The van der Waals surface area contributed by atoms with Crippen molar-refractivity contribution >= 4 is 16.5 Å². The first-order valence-electron chi connectivity index (χ1n) is 8.74. The van der Waals surface area contributed by atoms with E-state index in [0.29, 0.717) is 5.92 Å². The molecule has 0 amide bonds. The summed E-state index contributed by atoms with van der Waals surface area (Å²) in [5, 5.41) is 4.19. The van der Waals surface area contributed by atoms with Gasteiger partial charge in [-0.25, -0.2) is 0 Å². The van der Waals surface area contributed by atoms with Crippen LogP contribution in [0.5, 0.6) is 0 Å². The van der Waals surface area contributed by atoms with Gasteiger partial charge in [-0.2, -0.15) is 0 Å². The Hall–Kier alpha value is -1.80. The van der Waals surface area contributed by atoms with Gasteiger partial charge in [0.25, 0.3) is 0 Å². The summed E-state index contributed by atoms with van der Waals surface area (Å²) in [7, 11) is 3.75. The van der Waals surface area contributed by atoms with E-state index in [2.05, 4.69) is 60.3 Å². The van der Waals surface area contributed by atoms with Crippen LogP contribution >= 0.6 is 0 Å². The minimum atomic E-state index is 0.653. The first-order chi connectivity index (χ1) is 11.2. The molecule has 1 aliphatic heterocycles. The molecule has 0 spiro atoms. The van der Waals surface area contributed by atoms with E-state index in [1.165, 1.54) is 59.0 Å². The number of para-hydroxylation sites is 1. The molecule has 1 aromatic heterocycles. The second kappa shape index (κ2) is 6.76. The molecule has 2 aliphatic rings. The van der Waals surface area contributed by atoms with E-state index in [-0.39, 0.29) is 0 Å². The van der Waals surface area contributed by atoms with Gasteiger partial charge in [-0.05, 0) is 62.9 Å². The van der Waals surface area contributed by atoms with Gasteiger partial charge in [-0.1, -0.05) is 37.3 Å². The molecule has 1 atom stereocenters. The van der Waals surface area contributed by atoms with Crippen LogP contribution in [0.3, 0.4) is 0 Å². The zero-order valence-corrected chi connectivity index (χ0v) is 14.8. The standard InChI is InChI=1S/C19H21N.C2H7N/c1-13-8-9-14(2)17(11-13)18-12-20-10-4-6-15-5-3-7-16(18)19(15)20;1-3-2/h3,5,7,9,11-13H,4,6,8,10H2,1-2H3;3H,1-2H3. The number of allylic oxidation sites excluding steroid dienone is 4. The molecular formula is C21H28N2. The van der Waals surface area contributed by atoms with Crippen LogP contribution in [0.15, 0.2) is 42.1 Å². The van der Waals surface area contributed by atoms with Gasteiger partial charge in [0.15, 0.2) is 0 Å². The summed E-state index contributed by atoms with van der Waals surface area (Å²) in [6.07, 6.45) is 10.9. The van der Waals surface area contributed by atoms with E-state index in [9.17, 15) is 0 Å². The monoisotopic (exact) mass is 308 g/mol. The number of benzene rings is 1. The summed E-state index contributed by atoms with van der Waals surface area (Å²) >= 11 is 0. The maximum atomic E-state index is 2.75. The van der Waals surface area contributed by atoms with Gasteiger partial charge in [-0.15, -0.1) is 0 Å². The Morgan fingerprint density at radius 2 is 2.00 bits per heavy atom. The molecule has 4 rings (SSSR count). The van der Waals surface area contributed by atoms with Crippen molar-refractivity contribution in [2.45, 2.75) is 39.7 Å². The Morgan fingerprint density at radius 1 is 1.22 bits per heavy atom. The minimum Gasteiger partial charge on any atom is -0.347 e. The second-order valence-electron chi connectivity index (χ2n) is 6.83. The Labute approximate surface area is 139 Å². The Morgan fingerprint density at radius 3 is 2.78 bits per heavy atom. The van der Waals surface area contributed by atoms with Crippen molar-refractivity contribution in [2.75, 3.05) is 14.1 Å². The molecule has 0 bridgehead atoms. The number of hydrogen-bond acceptors (Lipinski definition) is 1. The van der Waals surface area contributed by atoms with Crippen LogP contribution in [-0.2, 0) is 13.0 Å². The van der Waals surface area contributed by atoms with Crippen LogP contribution in [0.1, 0.15) is 37.8 Å². The average Bonchev–Trinajstić information content (AvgIpc) is 2.92. The quantitative estimate of drug-likeness (QED) is 0.801. The van der Waals surface area contributed by atoms with Crippen LogP contribution in [-0.4, -0.2) is 18.7 Å². The SMILES string of the molecule is CC1=CCC(C)C=C1c1cn2c3c(cccc13)CCC2.CNC. The van der Waals surface area contributed by atoms with Gasteiger partial charge in [-0.3, -0.25) is 0 Å². The third-order valence-corrected chi connectivity index (χ3v) is 4.79. The second-order valence-corrected chi connectivity index (χ2v) is 6.83. The molecule has 1 aromatic carbocycles. The Kier molecular flexibility index (Phi) is 4.72. The van der Waals surface area contributed by atoms with E-state index >= 15 is 0 Å². The zero-order valence-electron chi connectivity index (χ0n) is 14.8. The molecule has 23 heavy (non-hydrogen) atoms. The number of nitrogens with one attached hydrogen (secondary N) is 1. The highest BCUT2D eigenvalue weighted by Gasteiger charge is 2.20. The predicted octanol–water partition coefficient (Wildman–Crippen LogP) is 4.79. The lowest BCUT2D eigenvalue weighted by atomic mass is 9.88. The van der Waals surface area contributed by atoms with Gasteiger partial charge in [0.2, 0.25) is 0 Å². The van der Waals surface area contributed by atoms with Crippen molar-refractivity contribution in [1.29, 1.82) is 0 Å². The van der Waals surface area contributed by atoms with Gasteiger partial charge in [0.1, 0.15) is 0 Å². The third-order valence-electron chi connectivity index (χ3n) is 4.79. The number of aryl methyl sites for hydroxylation is 2. The van der Waals surface area contributed by atoms with Gasteiger partial charge in [0.05, 0.1) is 5.52 Å². The Balaban J connectivity index is 0.000000485. The topological polar surface area (TPSA) is 17.0 Å². The molecule has 0 fully saturated rings.